The van der Waals surface area contributed by atoms with Crippen LogP contribution in [0.4, 0.5) is 0 Å². The number of imidazole rings is 1. The molecule has 0 aliphatic rings. The summed E-state index contributed by atoms with van der Waals surface area (Å²) in [5.41, 5.74) is 6.93. The van der Waals surface area contributed by atoms with E-state index in [0.717, 1.165) is 24.3 Å². The van der Waals surface area contributed by atoms with Gasteiger partial charge < -0.3 is 11.1 Å². The lowest BCUT2D eigenvalue weighted by Crippen LogP contribution is -2.32. The molecule has 0 amide bonds. The Labute approximate surface area is 167 Å². The summed E-state index contributed by atoms with van der Waals surface area (Å²) >= 11 is 0. The molecule has 2 aromatic rings. The van der Waals surface area contributed by atoms with Crippen molar-refractivity contribution in [2.75, 3.05) is 6.54 Å². The Kier molecular flexibility index (Phi) is 10.9. The maximum Gasteiger partial charge on any atom is 0.188 e. The third-order valence-corrected chi connectivity index (χ3v) is 3.85. The summed E-state index contributed by atoms with van der Waals surface area (Å²) < 4.78 is 1.86. The van der Waals surface area contributed by atoms with E-state index in [1.807, 2.05) is 29.1 Å². The predicted molar refractivity (Wildman–Crippen MR) is 113 cm³/mol. The Hall–Kier alpha value is -1.64. The van der Waals surface area contributed by atoms with E-state index in [-0.39, 0.29) is 24.0 Å². The molecule has 138 valence electrons. The van der Waals surface area contributed by atoms with E-state index in [0.29, 0.717) is 12.5 Å². The molecule has 0 spiro atoms. The van der Waals surface area contributed by atoms with Crippen molar-refractivity contribution in [1.29, 1.82) is 0 Å². The van der Waals surface area contributed by atoms with Gasteiger partial charge in [0.2, 0.25) is 0 Å². The largest absolute Gasteiger partial charge is 0.370 e. The molecule has 0 radical (unpaired) electrons. The second-order valence-corrected chi connectivity index (χ2v) is 5.89. The summed E-state index contributed by atoms with van der Waals surface area (Å²) in [6, 6.07) is 3.96. The monoisotopic (exact) mass is 456 g/mol. The van der Waals surface area contributed by atoms with Gasteiger partial charge in [0.15, 0.2) is 5.96 Å². The van der Waals surface area contributed by atoms with Crippen LogP contribution >= 0.6 is 24.0 Å². The maximum atomic E-state index is 5.90. The Morgan fingerprint density at radius 2 is 2.00 bits per heavy atom. The molecule has 2 heterocycles. The number of aromatic nitrogens is 3. The fourth-order valence-corrected chi connectivity index (χ4v) is 2.41. The van der Waals surface area contributed by atoms with Gasteiger partial charge in [0.25, 0.3) is 0 Å². The normalized spacial score (nSPS) is 11.2. The highest BCUT2D eigenvalue weighted by Gasteiger charge is 1.98. The average Bonchev–Trinajstić information content (AvgIpc) is 3.14. The summed E-state index contributed by atoms with van der Waals surface area (Å²) in [5.74, 6) is 1.34. The number of pyridine rings is 1. The smallest absolute Gasteiger partial charge is 0.188 e. The first-order valence-corrected chi connectivity index (χ1v) is 8.76. The molecule has 2 rings (SSSR count). The van der Waals surface area contributed by atoms with E-state index in [4.69, 9.17) is 5.73 Å². The van der Waals surface area contributed by atoms with Gasteiger partial charge in [0.05, 0.1) is 6.54 Å². The molecule has 0 aromatic carbocycles. The van der Waals surface area contributed by atoms with Crippen LogP contribution in [0.25, 0.3) is 5.82 Å². The molecule has 0 fully saturated rings. The summed E-state index contributed by atoms with van der Waals surface area (Å²) in [6.45, 7) is 3.66. The minimum absolute atomic E-state index is 0. The Bertz CT molecular complexity index is 595. The number of hydrogen-bond donors (Lipinski definition) is 2. The highest BCUT2D eigenvalue weighted by Crippen LogP contribution is 2.06. The van der Waals surface area contributed by atoms with E-state index in [1.165, 1.54) is 32.1 Å². The van der Waals surface area contributed by atoms with Gasteiger partial charge in [-0.1, -0.05) is 45.1 Å². The lowest BCUT2D eigenvalue weighted by molar-refractivity contribution is 0.601. The van der Waals surface area contributed by atoms with Crippen LogP contribution in [0.1, 0.15) is 51.0 Å². The van der Waals surface area contributed by atoms with Crippen molar-refractivity contribution in [2.45, 2.75) is 52.0 Å². The van der Waals surface area contributed by atoms with Crippen LogP contribution in [-0.2, 0) is 6.54 Å². The van der Waals surface area contributed by atoms with Crippen LogP contribution in [0.2, 0.25) is 0 Å². The number of rotatable bonds is 10. The van der Waals surface area contributed by atoms with Gasteiger partial charge in [-0.05, 0) is 18.1 Å². The molecule has 0 atom stereocenters. The molecule has 0 saturated heterocycles. The predicted octanol–water partition coefficient (Wildman–Crippen LogP) is 3.65. The molecule has 7 heteroatoms. The van der Waals surface area contributed by atoms with Gasteiger partial charge in [-0.2, -0.15) is 0 Å². The molecule has 0 bridgehead atoms. The molecule has 25 heavy (non-hydrogen) atoms. The van der Waals surface area contributed by atoms with E-state index in [2.05, 4.69) is 27.2 Å². The zero-order valence-corrected chi connectivity index (χ0v) is 17.2. The van der Waals surface area contributed by atoms with Crippen molar-refractivity contribution in [1.82, 2.24) is 19.9 Å². The highest BCUT2D eigenvalue weighted by atomic mass is 127. The van der Waals surface area contributed by atoms with Crippen LogP contribution in [-0.4, -0.2) is 27.0 Å². The fraction of sp³-hybridized carbons (Fsp3) is 0.500. The van der Waals surface area contributed by atoms with Crippen LogP contribution in [0.3, 0.4) is 0 Å². The van der Waals surface area contributed by atoms with Gasteiger partial charge in [0, 0.05) is 25.1 Å². The SMILES string of the molecule is CCCCCCCCNC(N)=NCc1ccc(-n2ccnc2)nc1.I. The Morgan fingerprint density at radius 1 is 1.20 bits per heavy atom. The standard InChI is InChI=1S/C18H28N6.HI/c1-2-3-4-5-6-7-10-21-18(19)23-14-16-8-9-17(22-13-16)24-12-11-20-15-24;/h8-9,11-13,15H,2-7,10,14H2,1H3,(H3,19,21,23);1H. The summed E-state index contributed by atoms with van der Waals surface area (Å²) in [4.78, 5) is 12.8. The molecule has 0 aliphatic heterocycles. The summed E-state index contributed by atoms with van der Waals surface area (Å²) in [7, 11) is 0. The minimum Gasteiger partial charge on any atom is -0.370 e. The quantitative estimate of drug-likeness (QED) is 0.248. The van der Waals surface area contributed by atoms with E-state index < -0.39 is 0 Å². The fourth-order valence-electron chi connectivity index (χ4n) is 2.41. The van der Waals surface area contributed by atoms with E-state index in [9.17, 15) is 0 Å². The zero-order chi connectivity index (χ0) is 17.0. The van der Waals surface area contributed by atoms with Gasteiger partial charge in [0.1, 0.15) is 12.1 Å². The molecule has 2 aromatic heterocycles. The first-order valence-electron chi connectivity index (χ1n) is 8.76. The second kappa shape index (κ2) is 12.7. The van der Waals surface area contributed by atoms with E-state index >= 15 is 0 Å². The number of aliphatic imine (C=N–C) groups is 1. The van der Waals surface area contributed by atoms with Crippen molar-refractivity contribution < 1.29 is 0 Å². The van der Waals surface area contributed by atoms with Crippen LogP contribution in [0.15, 0.2) is 42.0 Å². The first-order chi connectivity index (χ1) is 11.8. The highest BCUT2D eigenvalue weighted by molar-refractivity contribution is 14.0. The topological polar surface area (TPSA) is 81.1 Å². The van der Waals surface area contributed by atoms with Gasteiger partial charge in [-0.15, -0.1) is 24.0 Å². The molecule has 0 unspecified atom stereocenters. The molecule has 6 nitrogen and oxygen atoms in total. The Morgan fingerprint density at radius 3 is 2.68 bits per heavy atom. The lowest BCUT2D eigenvalue weighted by Gasteiger charge is -2.06. The van der Waals surface area contributed by atoms with Crippen molar-refractivity contribution >= 4 is 29.9 Å². The van der Waals surface area contributed by atoms with Gasteiger partial charge >= 0.3 is 0 Å². The second-order valence-electron chi connectivity index (χ2n) is 5.89. The summed E-state index contributed by atoms with van der Waals surface area (Å²) in [5, 5.41) is 3.17. The lowest BCUT2D eigenvalue weighted by atomic mass is 10.1. The molecular weight excluding hydrogens is 427 g/mol. The number of nitrogens with zero attached hydrogens (tertiary/aromatic N) is 4. The number of nitrogens with two attached hydrogens (primary N) is 1. The molecule has 3 N–H and O–H groups in total. The number of unbranched alkanes of at least 4 members (excludes halogenated alkanes) is 5. The average molecular weight is 456 g/mol. The third kappa shape index (κ3) is 8.33. The molecular formula is C18H29IN6. The third-order valence-electron chi connectivity index (χ3n) is 3.85. The van der Waals surface area contributed by atoms with Gasteiger partial charge in [-0.3, -0.25) is 4.57 Å². The van der Waals surface area contributed by atoms with Crippen molar-refractivity contribution in [3.63, 3.8) is 0 Å². The van der Waals surface area contributed by atoms with Crippen LogP contribution < -0.4 is 11.1 Å². The van der Waals surface area contributed by atoms with Crippen molar-refractivity contribution in [3.8, 4) is 5.82 Å². The Balaban J connectivity index is 0.00000312. The van der Waals surface area contributed by atoms with E-state index in [1.54, 1.807) is 12.5 Å². The number of halogens is 1. The van der Waals surface area contributed by atoms with Crippen LogP contribution in [0.5, 0.6) is 0 Å². The zero-order valence-electron chi connectivity index (χ0n) is 14.9. The number of guanidine groups is 1. The van der Waals surface area contributed by atoms with Crippen molar-refractivity contribution in [2.24, 2.45) is 10.7 Å². The maximum absolute atomic E-state index is 5.90. The first kappa shape index (κ1) is 21.4. The molecule has 0 aliphatic carbocycles. The van der Waals surface area contributed by atoms with Crippen LogP contribution in [0, 0.1) is 0 Å². The minimum atomic E-state index is 0. The number of nitrogens with one attached hydrogen (secondary N) is 1. The number of hydrogen-bond acceptors (Lipinski definition) is 3. The van der Waals surface area contributed by atoms with Gasteiger partial charge in [-0.25, -0.2) is 15.0 Å². The molecule has 0 saturated carbocycles. The van der Waals surface area contributed by atoms with Crippen molar-refractivity contribution in [3.05, 3.63) is 42.6 Å². The summed E-state index contributed by atoms with van der Waals surface area (Å²) in [6.07, 6.45) is 14.8.